The van der Waals surface area contributed by atoms with E-state index in [-0.39, 0.29) is 29.8 Å². The van der Waals surface area contributed by atoms with E-state index in [9.17, 15) is 17.6 Å². The lowest BCUT2D eigenvalue weighted by molar-refractivity contribution is -0.126. The van der Waals surface area contributed by atoms with Crippen molar-refractivity contribution in [3.63, 3.8) is 0 Å². The number of hydrogen-bond acceptors (Lipinski definition) is 5. The molecule has 2 heterocycles. The molecule has 2 saturated heterocycles. The zero-order chi connectivity index (χ0) is 24.0. The minimum Gasteiger partial charge on any atom is -0.369 e. The van der Waals surface area contributed by atoms with Crippen molar-refractivity contribution in [2.45, 2.75) is 24.2 Å². The summed E-state index contributed by atoms with van der Waals surface area (Å²) in [4.78, 5) is 17.1. The monoisotopic (exact) mass is 488 g/mol. The minimum absolute atomic E-state index is 0.0168. The van der Waals surface area contributed by atoms with Gasteiger partial charge in [0.15, 0.2) is 0 Å². The summed E-state index contributed by atoms with van der Waals surface area (Å²) >= 11 is 0. The highest BCUT2D eigenvalue weighted by molar-refractivity contribution is 7.89. The number of carbonyl (C=O) groups excluding carboxylic acids is 1. The number of nitrogens with one attached hydrogen (secondary N) is 1. The van der Waals surface area contributed by atoms with E-state index in [1.54, 1.807) is 0 Å². The van der Waals surface area contributed by atoms with Crippen LogP contribution in [0.5, 0.6) is 0 Å². The van der Waals surface area contributed by atoms with Gasteiger partial charge >= 0.3 is 0 Å². The predicted molar refractivity (Wildman–Crippen MR) is 131 cm³/mol. The maximum Gasteiger partial charge on any atom is 0.245 e. The van der Waals surface area contributed by atoms with Gasteiger partial charge in [-0.15, -0.1) is 0 Å². The number of piperidine rings is 1. The van der Waals surface area contributed by atoms with Crippen molar-refractivity contribution < 1.29 is 17.6 Å². The van der Waals surface area contributed by atoms with Gasteiger partial charge in [-0.2, -0.15) is 4.31 Å². The summed E-state index contributed by atoms with van der Waals surface area (Å²) < 4.78 is 40.7. The molecule has 34 heavy (non-hydrogen) atoms. The number of hydrogen-bond donors (Lipinski definition) is 1. The minimum atomic E-state index is -3.88. The molecule has 2 aliphatic rings. The molecule has 0 aromatic heterocycles. The largest absolute Gasteiger partial charge is 0.369 e. The Balaban J connectivity index is 1.14. The Hall–Kier alpha value is -2.49. The van der Waals surface area contributed by atoms with Gasteiger partial charge in [0, 0.05) is 57.4 Å². The maximum atomic E-state index is 14.0. The van der Waals surface area contributed by atoms with Crippen molar-refractivity contribution in [2.24, 2.45) is 5.92 Å². The van der Waals surface area contributed by atoms with Crippen LogP contribution in [0.15, 0.2) is 59.5 Å². The fourth-order valence-corrected chi connectivity index (χ4v) is 6.21. The molecule has 2 fully saturated rings. The second kappa shape index (κ2) is 11.3. The normalized spacial score (nSPS) is 18.7. The summed E-state index contributed by atoms with van der Waals surface area (Å²) in [7, 11) is -3.88. The van der Waals surface area contributed by atoms with Crippen LogP contribution in [0.3, 0.4) is 0 Å². The van der Waals surface area contributed by atoms with Gasteiger partial charge in [-0.25, -0.2) is 12.8 Å². The van der Waals surface area contributed by atoms with Crippen LogP contribution in [0.25, 0.3) is 0 Å². The number of benzene rings is 2. The molecule has 0 aliphatic carbocycles. The van der Waals surface area contributed by atoms with E-state index in [1.165, 1.54) is 28.2 Å². The number of carbonyl (C=O) groups is 1. The van der Waals surface area contributed by atoms with Crippen molar-refractivity contribution in [3.8, 4) is 0 Å². The van der Waals surface area contributed by atoms with Gasteiger partial charge < -0.3 is 10.2 Å². The molecule has 0 saturated carbocycles. The molecule has 1 N–H and O–H groups in total. The molecule has 7 nitrogen and oxygen atoms in total. The van der Waals surface area contributed by atoms with Crippen LogP contribution >= 0.6 is 0 Å². The van der Waals surface area contributed by atoms with Crippen LogP contribution in [0.2, 0.25) is 0 Å². The zero-order valence-corrected chi connectivity index (χ0v) is 20.2. The quantitative estimate of drug-likeness (QED) is 0.579. The Kier molecular flexibility index (Phi) is 8.18. The third-order valence-corrected chi connectivity index (χ3v) is 8.66. The molecule has 1 amide bonds. The summed E-state index contributed by atoms with van der Waals surface area (Å²) in [6, 6.07) is 15.9. The van der Waals surface area contributed by atoms with Gasteiger partial charge in [0.25, 0.3) is 0 Å². The SMILES string of the molecule is O=C(NCCCN1CCN(c2ccccc2)CC1)C1CCN(S(=O)(=O)c2ccccc2F)CC1. The van der Waals surface area contributed by atoms with Crippen molar-refractivity contribution in [3.05, 3.63) is 60.4 Å². The molecule has 2 aliphatic heterocycles. The average molecular weight is 489 g/mol. The molecule has 0 unspecified atom stereocenters. The molecular weight excluding hydrogens is 455 g/mol. The molecular formula is C25H33FN4O3S. The molecule has 184 valence electrons. The smallest absolute Gasteiger partial charge is 0.245 e. The number of amides is 1. The van der Waals surface area contributed by atoms with E-state index in [2.05, 4.69) is 39.4 Å². The summed E-state index contributed by atoms with van der Waals surface area (Å²) in [6.07, 6.45) is 1.78. The highest BCUT2D eigenvalue weighted by Gasteiger charge is 2.33. The molecule has 9 heteroatoms. The van der Waals surface area contributed by atoms with Crippen molar-refractivity contribution in [2.75, 3.05) is 57.3 Å². The number of rotatable bonds is 8. The van der Waals surface area contributed by atoms with Crippen LogP contribution in [0.1, 0.15) is 19.3 Å². The van der Waals surface area contributed by atoms with Gasteiger partial charge in [0.1, 0.15) is 10.7 Å². The van der Waals surface area contributed by atoms with E-state index in [1.807, 2.05) is 6.07 Å². The summed E-state index contributed by atoms with van der Waals surface area (Å²) in [5.74, 6) is -0.970. The first kappa shape index (κ1) is 24.6. The zero-order valence-electron chi connectivity index (χ0n) is 19.4. The molecule has 0 radical (unpaired) electrons. The summed E-state index contributed by atoms with van der Waals surface area (Å²) in [5.41, 5.74) is 1.27. The van der Waals surface area contributed by atoms with Crippen LogP contribution < -0.4 is 10.2 Å². The molecule has 0 spiro atoms. The first-order chi connectivity index (χ1) is 16.4. The topological polar surface area (TPSA) is 73.0 Å². The van der Waals surface area contributed by atoms with Crippen LogP contribution in [-0.2, 0) is 14.8 Å². The van der Waals surface area contributed by atoms with E-state index in [0.29, 0.717) is 19.4 Å². The molecule has 4 rings (SSSR count). The number of piperazine rings is 1. The van der Waals surface area contributed by atoms with E-state index >= 15 is 0 Å². The Bertz CT molecular complexity index is 1050. The van der Waals surface area contributed by atoms with Crippen molar-refractivity contribution in [1.29, 1.82) is 0 Å². The third-order valence-electron chi connectivity index (χ3n) is 6.72. The van der Waals surface area contributed by atoms with E-state index in [4.69, 9.17) is 0 Å². The molecule has 2 aromatic rings. The Morgan fingerprint density at radius 2 is 1.56 bits per heavy atom. The second-order valence-corrected chi connectivity index (χ2v) is 10.8. The van der Waals surface area contributed by atoms with Crippen LogP contribution in [0, 0.1) is 11.7 Å². The number of para-hydroxylation sites is 1. The van der Waals surface area contributed by atoms with Crippen LogP contribution in [0.4, 0.5) is 10.1 Å². The summed E-state index contributed by atoms with van der Waals surface area (Å²) in [5, 5.41) is 3.02. The highest BCUT2D eigenvalue weighted by atomic mass is 32.2. The maximum absolute atomic E-state index is 14.0. The number of anilines is 1. The lowest BCUT2D eigenvalue weighted by Crippen LogP contribution is -2.47. The summed E-state index contributed by atoms with van der Waals surface area (Å²) in [6.45, 7) is 6.04. The Labute approximate surface area is 201 Å². The van der Waals surface area contributed by atoms with Gasteiger partial charge in [-0.05, 0) is 50.1 Å². The van der Waals surface area contributed by atoms with Crippen molar-refractivity contribution in [1.82, 2.24) is 14.5 Å². The van der Waals surface area contributed by atoms with Crippen LogP contribution in [-0.4, -0.2) is 75.9 Å². The van der Waals surface area contributed by atoms with Gasteiger partial charge in [0.05, 0.1) is 0 Å². The average Bonchev–Trinajstić information content (AvgIpc) is 2.87. The first-order valence-electron chi connectivity index (χ1n) is 12.0. The standard InChI is InChI=1S/C25H33FN4O3S/c26-23-9-4-5-10-24(23)34(32,33)30-15-11-21(12-16-30)25(31)27-13-6-14-28-17-19-29(20-18-28)22-7-2-1-3-8-22/h1-5,7-10,21H,6,11-20H2,(H,27,31). The Morgan fingerprint density at radius 1 is 0.912 bits per heavy atom. The predicted octanol–water partition coefficient (Wildman–Crippen LogP) is 2.55. The molecule has 0 bridgehead atoms. The molecule has 0 atom stereocenters. The fraction of sp³-hybridized carbons (Fsp3) is 0.480. The second-order valence-electron chi connectivity index (χ2n) is 8.92. The first-order valence-corrected chi connectivity index (χ1v) is 13.4. The Morgan fingerprint density at radius 3 is 2.24 bits per heavy atom. The van der Waals surface area contributed by atoms with Gasteiger partial charge in [-0.3, -0.25) is 9.69 Å². The van der Waals surface area contributed by atoms with E-state index in [0.717, 1.165) is 45.2 Å². The number of nitrogens with zero attached hydrogens (tertiary/aromatic N) is 3. The fourth-order valence-electron chi connectivity index (χ4n) is 4.68. The number of sulfonamides is 1. The third kappa shape index (κ3) is 5.95. The number of halogens is 1. The van der Waals surface area contributed by atoms with Gasteiger partial charge in [0.2, 0.25) is 15.9 Å². The molecule has 2 aromatic carbocycles. The lowest BCUT2D eigenvalue weighted by Gasteiger charge is -2.36. The van der Waals surface area contributed by atoms with Crippen molar-refractivity contribution >= 4 is 21.6 Å². The lowest BCUT2D eigenvalue weighted by atomic mass is 9.97. The van der Waals surface area contributed by atoms with E-state index < -0.39 is 15.8 Å². The van der Waals surface area contributed by atoms with Gasteiger partial charge in [-0.1, -0.05) is 30.3 Å². The highest BCUT2D eigenvalue weighted by Crippen LogP contribution is 2.25.